The highest BCUT2D eigenvalue weighted by molar-refractivity contribution is 5.94. The number of fused-ring (bicyclic) bond motifs is 1. The van der Waals surface area contributed by atoms with E-state index in [1.54, 1.807) is 6.07 Å². The summed E-state index contributed by atoms with van der Waals surface area (Å²) in [5, 5.41) is 9.29. The van der Waals surface area contributed by atoms with E-state index < -0.39 is 5.97 Å². The summed E-state index contributed by atoms with van der Waals surface area (Å²) < 4.78 is 6.03. The second-order valence-corrected chi connectivity index (χ2v) is 11.8. The number of hydrogen-bond donors (Lipinski definition) is 1. The van der Waals surface area contributed by atoms with Crippen molar-refractivity contribution in [3.63, 3.8) is 0 Å². The summed E-state index contributed by atoms with van der Waals surface area (Å²) in [5.41, 5.74) is 3.90. The van der Waals surface area contributed by atoms with E-state index in [1.807, 2.05) is 17.9 Å². The molecule has 9 nitrogen and oxygen atoms in total. The molecule has 1 amide bonds. The second kappa shape index (κ2) is 8.99. The zero-order valence-electron chi connectivity index (χ0n) is 22.4. The molecule has 1 spiro atoms. The first-order valence-corrected chi connectivity index (χ1v) is 13.6. The van der Waals surface area contributed by atoms with Crippen LogP contribution < -0.4 is 9.80 Å². The monoisotopic (exact) mass is 517 g/mol. The molecule has 3 fully saturated rings. The van der Waals surface area contributed by atoms with Gasteiger partial charge in [0.1, 0.15) is 11.3 Å². The lowest BCUT2D eigenvalue weighted by molar-refractivity contribution is 0.0689. The van der Waals surface area contributed by atoms with Crippen LogP contribution in [0.1, 0.15) is 66.3 Å². The Hall–Kier alpha value is -3.62. The van der Waals surface area contributed by atoms with E-state index in [4.69, 9.17) is 4.42 Å². The van der Waals surface area contributed by atoms with Gasteiger partial charge >= 0.3 is 11.9 Å². The molecule has 3 aromatic rings. The molecule has 3 aliphatic rings. The average molecular weight is 518 g/mol. The van der Waals surface area contributed by atoms with Gasteiger partial charge in [0.25, 0.3) is 5.89 Å². The molecule has 0 aliphatic carbocycles. The van der Waals surface area contributed by atoms with E-state index >= 15 is 0 Å². The highest BCUT2D eigenvalue weighted by atomic mass is 16.4. The first-order valence-electron chi connectivity index (χ1n) is 13.6. The smallest absolute Gasteiger partial charge is 0.354 e. The maximum Gasteiger partial charge on any atom is 0.354 e. The minimum absolute atomic E-state index is 0.0344. The van der Waals surface area contributed by atoms with Crippen molar-refractivity contribution in [2.45, 2.75) is 46.5 Å². The van der Waals surface area contributed by atoms with Crippen LogP contribution >= 0.6 is 0 Å². The van der Waals surface area contributed by atoms with Gasteiger partial charge in [0, 0.05) is 50.4 Å². The molecule has 38 heavy (non-hydrogen) atoms. The first kappa shape index (κ1) is 24.7. The van der Waals surface area contributed by atoms with Crippen LogP contribution in [-0.4, -0.2) is 71.1 Å². The van der Waals surface area contributed by atoms with Gasteiger partial charge < -0.3 is 24.2 Å². The Morgan fingerprint density at radius 3 is 2.58 bits per heavy atom. The molecule has 3 aliphatic heterocycles. The van der Waals surface area contributed by atoms with E-state index in [1.165, 1.54) is 12.5 Å². The number of hydrogen-bond acceptors (Lipinski definition) is 7. The standard InChI is InChI=1S/C29H35N5O4/c1-4-28(3)8-11-32(16-28)20-14-19(2)24-22(15-20)31-25(38-24)26(35)34-13-10-29(18-34)9-12-33(17-29)23-7-5-6-21(30-23)27(36)37/h5-7,14-15H,4,8-13,16-18H2,1-3H3,(H,36,37)/t28-,29+/m0/s1. The van der Waals surface area contributed by atoms with Crippen molar-refractivity contribution in [1.29, 1.82) is 0 Å². The normalized spacial score (nSPS) is 25.3. The second-order valence-electron chi connectivity index (χ2n) is 11.8. The van der Waals surface area contributed by atoms with Crippen molar-refractivity contribution in [1.82, 2.24) is 14.9 Å². The summed E-state index contributed by atoms with van der Waals surface area (Å²) in [5.74, 6) is -0.362. The van der Waals surface area contributed by atoms with E-state index in [0.717, 1.165) is 62.2 Å². The van der Waals surface area contributed by atoms with Crippen LogP contribution in [0.4, 0.5) is 11.5 Å². The van der Waals surface area contributed by atoms with E-state index in [2.05, 4.69) is 45.7 Å². The molecule has 0 bridgehead atoms. The summed E-state index contributed by atoms with van der Waals surface area (Å²) in [6.07, 6.45) is 4.16. The lowest BCUT2D eigenvalue weighted by atomic mass is 9.86. The largest absolute Gasteiger partial charge is 0.477 e. The Morgan fingerprint density at radius 1 is 1.03 bits per heavy atom. The van der Waals surface area contributed by atoms with Gasteiger partial charge in [0.15, 0.2) is 11.3 Å². The first-order chi connectivity index (χ1) is 18.2. The van der Waals surface area contributed by atoms with Gasteiger partial charge in [-0.25, -0.2) is 14.8 Å². The number of carboxylic acid groups (broad SMARTS) is 1. The molecule has 2 atom stereocenters. The summed E-state index contributed by atoms with van der Waals surface area (Å²) >= 11 is 0. The summed E-state index contributed by atoms with van der Waals surface area (Å²) in [4.78, 5) is 40.2. The van der Waals surface area contributed by atoms with Crippen LogP contribution in [0, 0.1) is 17.8 Å². The van der Waals surface area contributed by atoms with Gasteiger partial charge in [0.05, 0.1) is 0 Å². The predicted octanol–water partition coefficient (Wildman–Crippen LogP) is 4.60. The topological polar surface area (TPSA) is 103 Å². The van der Waals surface area contributed by atoms with Crippen LogP contribution in [0.15, 0.2) is 34.7 Å². The molecule has 1 aromatic carbocycles. The van der Waals surface area contributed by atoms with Crippen LogP contribution in [0.2, 0.25) is 0 Å². The average Bonchev–Trinajstić information content (AvgIpc) is 3.70. The van der Waals surface area contributed by atoms with Gasteiger partial charge in [-0.1, -0.05) is 19.9 Å². The lowest BCUT2D eigenvalue weighted by Crippen LogP contribution is -2.34. The molecular weight excluding hydrogens is 482 g/mol. The van der Waals surface area contributed by atoms with Crippen LogP contribution in [0.25, 0.3) is 11.1 Å². The number of carboxylic acids is 1. The third-order valence-corrected chi connectivity index (χ3v) is 9.06. The number of aromatic carboxylic acids is 1. The van der Waals surface area contributed by atoms with Crippen molar-refractivity contribution in [2.75, 3.05) is 49.1 Å². The number of carbonyl (C=O) groups excluding carboxylic acids is 1. The molecule has 5 heterocycles. The molecule has 0 radical (unpaired) electrons. The van der Waals surface area contributed by atoms with Crippen LogP contribution in [0.3, 0.4) is 0 Å². The van der Waals surface area contributed by atoms with Crippen molar-refractivity contribution < 1.29 is 19.1 Å². The molecule has 200 valence electrons. The van der Waals surface area contributed by atoms with Crippen molar-refractivity contribution in [2.24, 2.45) is 10.8 Å². The number of rotatable bonds is 5. The van der Waals surface area contributed by atoms with Gasteiger partial charge in [0.2, 0.25) is 0 Å². The molecule has 3 saturated heterocycles. The van der Waals surface area contributed by atoms with Gasteiger partial charge in [-0.15, -0.1) is 0 Å². The minimum Gasteiger partial charge on any atom is -0.477 e. The Labute approximate surface area is 222 Å². The fraction of sp³-hybridized carbons (Fsp3) is 0.517. The minimum atomic E-state index is -1.03. The summed E-state index contributed by atoms with van der Waals surface area (Å²) in [6.45, 7) is 11.5. The highest BCUT2D eigenvalue weighted by Crippen LogP contribution is 2.42. The number of pyridine rings is 1. The Bertz CT molecular complexity index is 1420. The van der Waals surface area contributed by atoms with Gasteiger partial charge in [-0.05, 0) is 67.9 Å². The van der Waals surface area contributed by atoms with Crippen LogP contribution in [-0.2, 0) is 0 Å². The Kier molecular flexibility index (Phi) is 5.85. The molecule has 0 unspecified atom stereocenters. The lowest BCUT2D eigenvalue weighted by Gasteiger charge is -2.24. The molecule has 9 heteroatoms. The fourth-order valence-corrected chi connectivity index (χ4v) is 6.41. The number of amides is 1. The summed E-state index contributed by atoms with van der Waals surface area (Å²) in [6, 6.07) is 9.29. The van der Waals surface area contributed by atoms with Gasteiger partial charge in [-0.2, -0.15) is 0 Å². The maximum absolute atomic E-state index is 13.5. The molecule has 6 rings (SSSR count). The van der Waals surface area contributed by atoms with E-state index in [9.17, 15) is 14.7 Å². The van der Waals surface area contributed by atoms with E-state index in [0.29, 0.717) is 29.9 Å². The number of aryl methyl sites for hydroxylation is 1. The quantitative estimate of drug-likeness (QED) is 0.524. The number of oxazole rings is 1. The fourth-order valence-electron chi connectivity index (χ4n) is 6.41. The van der Waals surface area contributed by atoms with Crippen molar-refractivity contribution in [3.05, 3.63) is 47.5 Å². The Morgan fingerprint density at radius 2 is 1.82 bits per heavy atom. The maximum atomic E-state index is 13.5. The molecule has 2 aromatic heterocycles. The predicted molar refractivity (Wildman–Crippen MR) is 145 cm³/mol. The molecular formula is C29H35N5O4. The van der Waals surface area contributed by atoms with Crippen molar-refractivity contribution >= 4 is 34.5 Å². The molecule has 0 saturated carbocycles. The molecule has 1 N–H and O–H groups in total. The number of aromatic nitrogens is 2. The third-order valence-electron chi connectivity index (χ3n) is 9.06. The number of carbonyl (C=O) groups is 2. The number of benzene rings is 1. The van der Waals surface area contributed by atoms with Crippen LogP contribution in [0.5, 0.6) is 0 Å². The zero-order valence-corrected chi connectivity index (χ0v) is 22.4. The highest BCUT2D eigenvalue weighted by Gasteiger charge is 2.46. The Balaban J connectivity index is 1.17. The third kappa shape index (κ3) is 4.27. The van der Waals surface area contributed by atoms with Crippen molar-refractivity contribution in [3.8, 4) is 0 Å². The van der Waals surface area contributed by atoms with E-state index in [-0.39, 0.29) is 22.9 Å². The van der Waals surface area contributed by atoms with Gasteiger partial charge in [-0.3, -0.25) is 4.79 Å². The SMILES string of the molecule is CC[C@@]1(C)CCN(c2cc(C)c3oc(C(=O)N4CC[C@@]5(CCN(c6cccc(C(=O)O)n6)C5)C4)nc3c2)C1. The zero-order chi connectivity index (χ0) is 26.7. The number of likely N-dealkylation sites (tertiary alicyclic amines) is 1. The number of nitrogens with zero attached hydrogens (tertiary/aromatic N) is 5. The summed E-state index contributed by atoms with van der Waals surface area (Å²) in [7, 11) is 0. The number of anilines is 2.